The molecule has 1 saturated heterocycles. The van der Waals surface area contributed by atoms with Crippen LogP contribution < -0.4 is 0 Å². The summed E-state index contributed by atoms with van der Waals surface area (Å²) in [6.45, 7) is 1.63. The van der Waals surface area contributed by atoms with Crippen molar-refractivity contribution < 1.29 is 19.1 Å². The Kier molecular flexibility index (Phi) is 3.58. The number of carbonyl (C=O) groups is 3. The summed E-state index contributed by atoms with van der Waals surface area (Å²) >= 11 is 4.56. The third-order valence-electron chi connectivity index (χ3n) is 2.53. The third-order valence-corrected chi connectivity index (χ3v) is 4.46. The first kappa shape index (κ1) is 12.6. The van der Waals surface area contributed by atoms with Crippen molar-refractivity contribution >= 4 is 45.5 Å². The van der Waals surface area contributed by atoms with E-state index in [0.717, 1.165) is 8.71 Å². The van der Waals surface area contributed by atoms with Gasteiger partial charge in [-0.1, -0.05) is 0 Å². The van der Waals surface area contributed by atoms with Crippen molar-refractivity contribution in [2.75, 3.05) is 13.2 Å². The van der Waals surface area contributed by atoms with E-state index in [0.29, 0.717) is 0 Å². The highest BCUT2D eigenvalue weighted by Crippen LogP contribution is 2.44. The Morgan fingerprint density at radius 2 is 2.24 bits per heavy atom. The van der Waals surface area contributed by atoms with Gasteiger partial charge in [0.2, 0.25) is 11.8 Å². The van der Waals surface area contributed by atoms with Crippen LogP contribution in [-0.2, 0) is 19.1 Å². The van der Waals surface area contributed by atoms with Crippen LogP contribution in [0.3, 0.4) is 0 Å². The highest BCUT2D eigenvalue weighted by atomic mass is 79.9. The maximum Gasteiger partial charge on any atom is 0.326 e. The normalized spacial score (nSPS) is 27.2. The van der Waals surface area contributed by atoms with Crippen LogP contribution in [0.2, 0.25) is 0 Å². The molecule has 0 saturated carbocycles. The molecule has 2 unspecified atom stereocenters. The second-order valence-corrected chi connectivity index (χ2v) is 6.17. The van der Waals surface area contributed by atoms with E-state index in [4.69, 9.17) is 4.74 Å². The monoisotopic (exact) mass is 319 g/mol. The second-order valence-electron chi connectivity index (χ2n) is 3.60. The lowest BCUT2D eigenvalue weighted by atomic mass is 10.1. The van der Waals surface area contributed by atoms with E-state index < -0.39 is 17.1 Å². The van der Waals surface area contributed by atoms with Crippen molar-refractivity contribution in [3.8, 4) is 0 Å². The fraction of sp³-hybridized carbons (Fsp3) is 0.500. The number of thioether (sulfide) groups is 1. The van der Waals surface area contributed by atoms with Gasteiger partial charge in [0, 0.05) is 3.81 Å². The summed E-state index contributed by atoms with van der Waals surface area (Å²) in [5.41, 5.74) is 0. The zero-order valence-electron chi connectivity index (χ0n) is 9.01. The minimum atomic E-state index is -0.554. The van der Waals surface area contributed by atoms with Gasteiger partial charge in [-0.05, 0) is 28.9 Å². The molecule has 7 heteroatoms. The molecule has 2 aliphatic rings. The minimum absolute atomic E-state index is 0.238. The number of halogens is 1. The van der Waals surface area contributed by atoms with Crippen LogP contribution in [0.15, 0.2) is 9.89 Å². The molecule has 5 nitrogen and oxygen atoms in total. The summed E-state index contributed by atoms with van der Waals surface area (Å²) in [4.78, 5) is 36.1. The SMILES string of the molecule is CCOC(=O)CN1C(=O)C2C=C(Br)SC2C1=O. The van der Waals surface area contributed by atoms with Gasteiger partial charge >= 0.3 is 5.97 Å². The average molecular weight is 320 g/mol. The first-order chi connectivity index (χ1) is 8.04. The van der Waals surface area contributed by atoms with Gasteiger partial charge in [-0.3, -0.25) is 19.3 Å². The Balaban J connectivity index is 2.09. The van der Waals surface area contributed by atoms with Gasteiger partial charge in [0.25, 0.3) is 0 Å². The predicted octanol–water partition coefficient (Wildman–Crippen LogP) is 0.886. The fourth-order valence-electron chi connectivity index (χ4n) is 1.80. The zero-order valence-corrected chi connectivity index (χ0v) is 11.4. The number of rotatable bonds is 3. The number of fused-ring (bicyclic) bond motifs is 1. The Morgan fingerprint density at radius 3 is 2.82 bits per heavy atom. The van der Waals surface area contributed by atoms with E-state index in [9.17, 15) is 14.4 Å². The molecule has 0 N–H and O–H groups in total. The maximum atomic E-state index is 11.9. The first-order valence-electron chi connectivity index (χ1n) is 5.09. The summed E-state index contributed by atoms with van der Waals surface area (Å²) in [6, 6.07) is 0. The standard InChI is InChI=1S/C10H10BrNO4S/c1-2-16-7(13)4-12-9(14)5-3-6(11)17-8(5)10(12)15/h3,5,8H,2,4H2,1H3. The van der Waals surface area contributed by atoms with E-state index in [1.54, 1.807) is 13.0 Å². The Hall–Kier alpha value is -0.820. The molecule has 0 aromatic carbocycles. The van der Waals surface area contributed by atoms with E-state index in [1.165, 1.54) is 11.8 Å². The molecule has 0 radical (unpaired) electrons. The van der Waals surface area contributed by atoms with Crippen LogP contribution in [0, 0.1) is 5.92 Å². The first-order valence-corrected chi connectivity index (χ1v) is 6.76. The Labute approximate surface area is 111 Å². The molecule has 0 aromatic heterocycles. The van der Waals surface area contributed by atoms with Crippen LogP contribution in [-0.4, -0.2) is 41.1 Å². The van der Waals surface area contributed by atoms with Gasteiger partial charge in [-0.25, -0.2) is 0 Å². The van der Waals surface area contributed by atoms with Crippen molar-refractivity contribution in [2.45, 2.75) is 12.2 Å². The molecule has 2 aliphatic heterocycles. The number of nitrogens with zero attached hydrogens (tertiary/aromatic N) is 1. The van der Waals surface area contributed by atoms with Gasteiger partial charge in [-0.2, -0.15) is 0 Å². The number of carbonyl (C=O) groups excluding carboxylic acids is 3. The minimum Gasteiger partial charge on any atom is -0.465 e. The average Bonchev–Trinajstić information content (AvgIpc) is 2.74. The number of imide groups is 1. The van der Waals surface area contributed by atoms with Gasteiger partial charge in [0.05, 0.1) is 12.5 Å². The second kappa shape index (κ2) is 4.81. The molecular weight excluding hydrogens is 310 g/mol. The molecule has 0 aromatic rings. The molecule has 2 heterocycles. The van der Waals surface area contributed by atoms with Gasteiger partial charge in [0.15, 0.2) is 0 Å². The lowest BCUT2D eigenvalue weighted by Gasteiger charge is -2.13. The third kappa shape index (κ3) is 2.26. The molecule has 1 fully saturated rings. The summed E-state index contributed by atoms with van der Waals surface area (Å²) in [5.74, 6) is -1.64. The van der Waals surface area contributed by atoms with Gasteiger partial charge < -0.3 is 4.74 Å². The lowest BCUT2D eigenvalue weighted by molar-refractivity contribution is -0.152. The summed E-state index contributed by atoms with van der Waals surface area (Å²) in [5, 5.41) is -0.425. The summed E-state index contributed by atoms with van der Waals surface area (Å²) in [7, 11) is 0. The van der Waals surface area contributed by atoms with Crippen molar-refractivity contribution in [1.29, 1.82) is 0 Å². The number of hydrogen-bond acceptors (Lipinski definition) is 5. The predicted molar refractivity (Wildman–Crippen MR) is 65.2 cm³/mol. The van der Waals surface area contributed by atoms with Crippen molar-refractivity contribution in [1.82, 2.24) is 4.90 Å². The number of esters is 1. The van der Waals surface area contributed by atoms with Crippen LogP contribution in [0.5, 0.6) is 0 Å². The summed E-state index contributed by atoms with van der Waals surface area (Å²) < 4.78 is 5.52. The van der Waals surface area contributed by atoms with Crippen LogP contribution in [0.4, 0.5) is 0 Å². The Morgan fingerprint density at radius 1 is 1.53 bits per heavy atom. The van der Waals surface area contributed by atoms with Crippen molar-refractivity contribution in [3.05, 3.63) is 9.89 Å². The quantitative estimate of drug-likeness (QED) is 0.571. The van der Waals surface area contributed by atoms with E-state index in [-0.39, 0.29) is 25.0 Å². The molecular formula is C10H10BrNO4S. The summed E-state index contributed by atoms with van der Waals surface area (Å²) in [6.07, 6.45) is 1.71. The highest BCUT2D eigenvalue weighted by Gasteiger charge is 2.50. The van der Waals surface area contributed by atoms with Gasteiger partial charge in [0.1, 0.15) is 11.8 Å². The molecule has 0 aliphatic carbocycles. The number of hydrogen-bond donors (Lipinski definition) is 0. The molecule has 92 valence electrons. The zero-order chi connectivity index (χ0) is 12.6. The number of amides is 2. The van der Waals surface area contributed by atoms with Crippen LogP contribution >= 0.6 is 27.7 Å². The lowest BCUT2D eigenvalue weighted by Crippen LogP contribution is -2.37. The molecule has 2 amide bonds. The molecule has 17 heavy (non-hydrogen) atoms. The molecule has 2 rings (SSSR count). The molecule has 0 spiro atoms. The maximum absolute atomic E-state index is 11.9. The van der Waals surface area contributed by atoms with Crippen molar-refractivity contribution in [3.63, 3.8) is 0 Å². The van der Waals surface area contributed by atoms with Gasteiger partial charge in [-0.15, -0.1) is 11.8 Å². The van der Waals surface area contributed by atoms with Crippen LogP contribution in [0.1, 0.15) is 6.92 Å². The van der Waals surface area contributed by atoms with Crippen molar-refractivity contribution in [2.24, 2.45) is 5.92 Å². The smallest absolute Gasteiger partial charge is 0.326 e. The number of ether oxygens (including phenoxy) is 1. The molecule has 0 bridgehead atoms. The largest absolute Gasteiger partial charge is 0.465 e. The van der Waals surface area contributed by atoms with E-state index >= 15 is 0 Å². The fourth-order valence-corrected chi connectivity index (χ4v) is 3.73. The Bertz CT molecular complexity index is 423. The van der Waals surface area contributed by atoms with E-state index in [2.05, 4.69) is 15.9 Å². The van der Waals surface area contributed by atoms with E-state index in [1.807, 2.05) is 0 Å². The molecule has 2 atom stereocenters. The topological polar surface area (TPSA) is 63.7 Å². The number of likely N-dealkylation sites (tertiary alicyclic amines) is 1. The van der Waals surface area contributed by atoms with Crippen LogP contribution in [0.25, 0.3) is 0 Å². The highest BCUT2D eigenvalue weighted by molar-refractivity contribution is 9.14.